The first-order valence-electron chi connectivity index (χ1n) is 19.8. The summed E-state index contributed by atoms with van der Waals surface area (Å²) in [7, 11) is 0. The first-order chi connectivity index (χ1) is 32.4. The molecule has 1 aromatic heterocycles. The molecule has 5 aromatic carbocycles. The second kappa shape index (κ2) is 19.2. The average molecular weight is 1080 g/mol. The fraction of sp³-hybridized carbons (Fsp3) is 0.267. The highest BCUT2D eigenvalue weighted by Gasteiger charge is 2.47. The lowest BCUT2D eigenvalue weighted by atomic mass is 9.12. The third kappa shape index (κ3) is 12.6. The van der Waals surface area contributed by atoms with Crippen molar-refractivity contribution in [1.82, 2.24) is 0 Å². The normalized spacial score (nSPS) is 13.5. The number of benzene rings is 5. The van der Waals surface area contributed by atoms with Gasteiger partial charge < -0.3 is 0 Å². The molecule has 390 valence electrons. The minimum absolute atomic E-state index is 0.691. The van der Waals surface area contributed by atoms with Crippen LogP contribution in [-0.4, -0.2) is 6.15 Å². The van der Waals surface area contributed by atoms with E-state index in [1.165, 1.54) is 21.1 Å². The molecular weight excluding hydrogens is 1050 g/mol. The van der Waals surface area contributed by atoms with Gasteiger partial charge in [0, 0.05) is 19.4 Å². The number of thiazole rings is 1. The standard InChI is InChI=1S/C32H12BF24.C13H16NS/c34-25(35,36)13-1-14(26(37,38)39)6-21(5-13)33(22-7-15(27(40,41)42)2-16(8-22)28(43,44)45,23-9-17(29(46,47)48)3-18(10-23)30(49,50)51)24-11-19(31(52,53)54)4-20(12-24)32(55,56)57;1-10-11(2)15-12(3)14(10)9-13-7-5-4-6-8-13/h1-12H;4-8H,9H2,1-3H3/q-1;+1. The van der Waals surface area contributed by atoms with Gasteiger partial charge in [-0.1, -0.05) is 90.2 Å². The van der Waals surface area contributed by atoms with Crippen molar-refractivity contribution < 1.29 is 110 Å². The molecule has 0 spiro atoms. The van der Waals surface area contributed by atoms with Gasteiger partial charge in [0.1, 0.15) is 6.15 Å². The molecule has 0 N–H and O–H groups in total. The van der Waals surface area contributed by atoms with Crippen LogP contribution in [0, 0.1) is 20.8 Å². The van der Waals surface area contributed by atoms with E-state index in [0.717, 1.165) is 6.54 Å². The van der Waals surface area contributed by atoms with Crippen LogP contribution in [-0.2, 0) is 56.0 Å². The highest BCUT2D eigenvalue weighted by atomic mass is 32.1. The first kappa shape index (κ1) is 57.0. The number of halogens is 24. The predicted octanol–water partition coefficient (Wildman–Crippen LogP) is 14.2. The zero-order valence-corrected chi connectivity index (χ0v) is 36.8. The predicted molar refractivity (Wildman–Crippen MR) is 214 cm³/mol. The molecule has 0 bridgehead atoms. The Morgan fingerprint density at radius 1 is 0.347 bits per heavy atom. The van der Waals surface area contributed by atoms with Crippen LogP contribution >= 0.6 is 11.3 Å². The van der Waals surface area contributed by atoms with Gasteiger partial charge in [-0.05, 0) is 31.2 Å². The smallest absolute Gasteiger partial charge is 0.194 e. The minimum Gasteiger partial charge on any atom is -0.194 e. The summed E-state index contributed by atoms with van der Waals surface area (Å²) in [5.74, 6) is 0. The van der Waals surface area contributed by atoms with Crippen LogP contribution in [0.1, 0.15) is 65.6 Å². The van der Waals surface area contributed by atoms with Crippen molar-refractivity contribution in [2.75, 3.05) is 0 Å². The fourth-order valence-corrected chi connectivity index (χ4v) is 8.86. The average Bonchev–Trinajstić information content (AvgIpc) is 3.47. The van der Waals surface area contributed by atoms with Crippen molar-refractivity contribution in [3.05, 3.63) is 169 Å². The zero-order valence-electron chi connectivity index (χ0n) is 36.0. The summed E-state index contributed by atoms with van der Waals surface area (Å²) in [6.07, 6.45) is -54.8. The Bertz CT molecular complexity index is 2470. The Balaban J connectivity index is 0.000000542. The van der Waals surface area contributed by atoms with E-state index in [4.69, 9.17) is 0 Å². The molecule has 0 saturated carbocycles. The molecule has 1 nitrogen and oxygen atoms in total. The lowest BCUT2D eigenvalue weighted by molar-refractivity contribution is -0.695. The molecule has 6 rings (SSSR count). The summed E-state index contributed by atoms with van der Waals surface area (Å²) in [5, 5.41) is 1.38. The van der Waals surface area contributed by atoms with Gasteiger partial charge in [0.15, 0.2) is 12.2 Å². The van der Waals surface area contributed by atoms with Crippen LogP contribution in [0.15, 0.2) is 103 Å². The van der Waals surface area contributed by atoms with Gasteiger partial charge in [-0.25, -0.2) is 0 Å². The largest absolute Gasteiger partial charge is 0.416 e. The van der Waals surface area contributed by atoms with Crippen LogP contribution in [0.2, 0.25) is 0 Å². The molecule has 0 aliphatic heterocycles. The Hall–Kier alpha value is -5.89. The lowest BCUT2D eigenvalue weighted by Crippen LogP contribution is -2.75. The topological polar surface area (TPSA) is 3.88 Å². The van der Waals surface area contributed by atoms with Gasteiger partial charge in [-0.3, -0.25) is 0 Å². The Morgan fingerprint density at radius 2 is 0.569 bits per heavy atom. The van der Waals surface area contributed by atoms with Crippen LogP contribution in [0.3, 0.4) is 0 Å². The van der Waals surface area contributed by atoms with Crippen LogP contribution in [0.4, 0.5) is 105 Å². The summed E-state index contributed by atoms with van der Waals surface area (Å²) >= 11 is 1.88. The molecule has 0 amide bonds. The third-order valence-corrected chi connectivity index (χ3v) is 12.3. The van der Waals surface area contributed by atoms with Crippen LogP contribution in [0.25, 0.3) is 0 Å². The van der Waals surface area contributed by atoms with E-state index in [0.29, 0.717) is 0 Å². The number of aromatic nitrogens is 1. The van der Waals surface area contributed by atoms with Gasteiger partial charge in [0.05, 0.1) is 49.4 Å². The van der Waals surface area contributed by atoms with Crippen molar-refractivity contribution in [3.8, 4) is 0 Å². The Morgan fingerprint density at radius 3 is 0.750 bits per heavy atom. The Labute approximate surface area is 394 Å². The van der Waals surface area contributed by atoms with E-state index >= 15 is 0 Å². The summed E-state index contributed by atoms with van der Waals surface area (Å²) in [5.41, 5.74) is -27.4. The molecule has 0 atom stereocenters. The van der Waals surface area contributed by atoms with E-state index in [1.54, 1.807) is 0 Å². The van der Waals surface area contributed by atoms with Crippen molar-refractivity contribution in [1.29, 1.82) is 0 Å². The monoisotopic (exact) mass is 1080 g/mol. The molecule has 0 aliphatic rings. The molecule has 0 radical (unpaired) electrons. The number of hydrogen-bond acceptors (Lipinski definition) is 1. The highest BCUT2D eigenvalue weighted by molar-refractivity contribution is 7.20. The van der Waals surface area contributed by atoms with E-state index in [1.807, 2.05) is 11.3 Å². The number of alkyl halides is 24. The van der Waals surface area contributed by atoms with E-state index in [9.17, 15) is 105 Å². The van der Waals surface area contributed by atoms with Gasteiger partial charge in [0.25, 0.3) is 0 Å². The molecule has 27 heteroatoms. The van der Waals surface area contributed by atoms with Crippen molar-refractivity contribution in [2.24, 2.45) is 0 Å². The summed E-state index contributed by atoms with van der Waals surface area (Å²) in [6, 6.07) is 1.80. The van der Waals surface area contributed by atoms with E-state index in [-0.39, 0.29) is 0 Å². The fourth-order valence-electron chi connectivity index (χ4n) is 7.84. The number of hydrogen-bond donors (Lipinski definition) is 0. The van der Waals surface area contributed by atoms with Crippen molar-refractivity contribution >= 4 is 39.3 Å². The maximum Gasteiger partial charge on any atom is 0.416 e. The van der Waals surface area contributed by atoms with Crippen LogP contribution < -0.4 is 26.4 Å². The summed E-state index contributed by atoms with van der Waals surface area (Å²) in [6.45, 7) is 7.56. The molecule has 0 fully saturated rings. The van der Waals surface area contributed by atoms with Gasteiger partial charge >= 0.3 is 49.4 Å². The lowest BCUT2D eigenvalue weighted by Gasteiger charge is -2.46. The second-order valence-electron chi connectivity index (χ2n) is 16.1. The van der Waals surface area contributed by atoms with Crippen molar-refractivity contribution in [2.45, 2.75) is 76.7 Å². The zero-order chi connectivity index (χ0) is 54.7. The van der Waals surface area contributed by atoms with E-state index < -0.39 is 195 Å². The third-order valence-electron chi connectivity index (χ3n) is 11.2. The summed E-state index contributed by atoms with van der Waals surface area (Å²) in [4.78, 5) is 1.42. The minimum atomic E-state index is -6.13. The maximum atomic E-state index is 14.2. The maximum absolute atomic E-state index is 14.2. The molecular formula is C45H28BF24NS. The van der Waals surface area contributed by atoms with Gasteiger partial charge in [-0.2, -0.15) is 132 Å². The molecule has 1 heterocycles. The summed E-state index contributed by atoms with van der Waals surface area (Å²) < 4.78 is 343. The molecule has 72 heavy (non-hydrogen) atoms. The van der Waals surface area contributed by atoms with Crippen LogP contribution in [0.5, 0.6) is 0 Å². The first-order valence-corrected chi connectivity index (χ1v) is 20.6. The number of nitrogens with zero attached hydrogens (tertiary/aromatic N) is 1. The second-order valence-corrected chi connectivity index (χ2v) is 17.5. The van der Waals surface area contributed by atoms with E-state index in [2.05, 4.69) is 55.7 Å². The molecule has 0 saturated heterocycles. The number of rotatable bonds is 6. The Kier molecular flexibility index (Phi) is 15.2. The van der Waals surface area contributed by atoms with Gasteiger partial charge in [0.2, 0.25) is 5.01 Å². The van der Waals surface area contributed by atoms with Gasteiger partial charge in [-0.15, -0.1) is 0 Å². The quantitative estimate of drug-likeness (QED) is 0.0889. The highest BCUT2D eigenvalue weighted by Crippen LogP contribution is 2.41. The molecule has 6 aromatic rings. The number of aryl methyl sites for hydroxylation is 2. The SMILES string of the molecule is Cc1sc(C)[n+](Cc2ccccc2)c1C.FC(F)(F)c1cc([B-](c2cc(C(F)(F)F)cc(C(F)(F)F)c2)(c2cc(C(F)(F)F)cc(C(F)(F)F)c2)c2cc(C(F)(F)F)cc(C(F)(F)F)c2)cc(C(F)(F)F)c1. The van der Waals surface area contributed by atoms with Crippen molar-refractivity contribution in [3.63, 3.8) is 0 Å². The molecule has 0 unspecified atom stereocenters. The molecule has 0 aliphatic carbocycles.